The van der Waals surface area contributed by atoms with Crippen LogP contribution in [0.5, 0.6) is 5.75 Å². The molecule has 1 aliphatic heterocycles. The summed E-state index contributed by atoms with van der Waals surface area (Å²) in [5.41, 5.74) is 0. The van der Waals surface area contributed by atoms with Gasteiger partial charge in [0.2, 0.25) is 10.0 Å². The Morgan fingerprint density at radius 1 is 1.20 bits per heavy atom. The normalized spacial score (nSPS) is 17.9. The minimum absolute atomic E-state index is 0.0644. The van der Waals surface area contributed by atoms with Crippen molar-refractivity contribution < 1.29 is 27.5 Å². The molecule has 1 aromatic carbocycles. The first-order chi connectivity index (χ1) is 9.39. The number of hydrogen-bond donors (Lipinski definition) is 2. The fraction of sp³-hybridized carbons (Fsp3) is 0.455. The maximum absolute atomic E-state index is 13.0. The van der Waals surface area contributed by atoms with E-state index in [1.54, 1.807) is 0 Å². The lowest BCUT2D eigenvalue weighted by Crippen LogP contribution is -2.38. The zero-order valence-corrected chi connectivity index (χ0v) is 11.5. The number of sulfonamides is 1. The Balaban J connectivity index is 2.13. The van der Waals surface area contributed by atoms with Crippen LogP contribution in [-0.2, 0) is 10.0 Å². The van der Waals surface area contributed by atoms with Crippen molar-refractivity contribution in [3.63, 3.8) is 0 Å². The van der Waals surface area contributed by atoms with E-state index in [9.17, 15) is 12.8 Å². The predicted octanol–water partition coefficient (Wildman–Crippen LogP) is 0.157. The Labute approximate surface area is 117 Å². The quantitative estimate of drug-likeness (QED) is 0.774. The second-order valence-electron chi connectivity index (χ2n) is 4.49. The molecule has 1 aromatic rings. The lowest BCUT2D eigenvalue weighted by atomic mass is 10.1. The molecule has 0 aromatic heterocycles. The largest absolute Gasteiger partial charge is 0.707 e. The van der Waals surface area contributed by atoms with Crippen molar-refractivity contribution in [2.45, 2.75) is 23.9 Å². The Bertz CT molecular complexity index is 542. The molecule has 0 amide bonds. The molecule has 20 heavy (non-hydrogen) atoms. The van der Waals surface area contributed by atoms with Gasteiger partial charge in [0.05, 0.1) is 4.90 Å². The van der Waals surface area contributed by atoms with E-state index in [1.165, 1.54) is 28.6 Å². The number of piperidine rings is 1. The van der Waals surface area contributed by atoms with Gasteiger partial charge >= 0.3 is 7.32 Å². The summed E-state index contributed by atoms with van der Waals surface area (Å²) < 4.78 is 43.5. The van der Waals surface area contributed by atoms with E-state index in [2.05, 4.69) is 4.65 Å². The van der Waals surface area contributed by atoms with E-state index < -0.39 is 23.5 Å². The van der Waals surface area contributed by atoms with Crippen LogP contribution < -0.4 is 4.65 Å². The van der Waals surface area contributed by atoms with Gasteiger partial charge in [-0.05, 0) is 37.1 Å². The molecule has 110 valence electrons. The summed E-state index contributed by atoms with van der Waals surface area (Å²) in [5.74, 6) is 0.140. The first-order valence-electron chi connectivity index (χ1n) is 6.16. The SMILES string of the molecule is O=S(=O)(c1ccc(OB(O)O)cc1)N1CCC(F)CC1. The zero-order chi connectivity index (χ0) is 14.8. The molecule has 0 aliphatic carbocycles. The number of hydrogen-bond acceptors (Lipinski definition) is 5. The highest BCUT2D eigenvalue weighted by Crippen LogP contribution is 2.23. The smallest absolute Gasteiger partial charge is 0.512 e. The number of halogens is 1. The van der Waals surface area contributed by atoms with Crippen molar-refractivity contribution in [2.24, 2.45) is 0 Å². The van der Waals surface area contributed by atoms with Gasteiger partial charge < -0.3 is 14.7 Å². The summed E-state index contributed by atoms with van der Waals surface area (Å²) in [7, 11) is -5.60. The molecule has 0 spiro atoms. The summed E-state index contributed by atoms with van der Waals surface area (Å²) in [4.78, 5) is 0.0644. The average molecular weight is 303 g/mol. The van der Waals surface area contributed by atoms with Crippen LogP contribution in [0.25, 0.3) is 0 Å². The summed E-state index contributed by atoms with van der Waals surface area (Å²) in [6.45, 7) is 0.328. The van der Waals surface area contributed by atoms with Crippen LogP contribution in [0.4, 0.5) is 4.39 Å². The van der Waals surface area contributed by atoms with Crippen LogP contribution in [0.2, 0.25) is 0 Å². The fourth-order valence-electron chi connectivity index (χ4n) is 2.03. The first kappa shape index (κ1) is 15.2. The third-order valence-corrected chi connectivity index (χ3v) is 5.00. The molecule has 0 bridgehead atoms. The van der Waals surface area contributed by atoms with Gasteiger partial charge in [0.1, 0.15) is 11.9 Å². The van der Waals surface area contributed by atoms with Crippen LogP contribution in [0.1, 0.15) is 12.8 Å². The molecule has 6 nitrogen and oxygen atoms in total. The lowest BCUT2D eigenvalue weighted by molar-refractivity contribution is 0.210. The van der Waals surface area contributed by atoms with Gasteiger partial charge in [-0.25, -0.2) is 12.8 Å². The monoisotopic (exact) mass is 303 g/mol. The van der Waals surface area contributed by atoms with Crippen molar-refractivity contribution in [1.29, 1.82) is 0 Å². The molecule has 1 heterocycles. The molecule has 0 atom stereocenters. The van der Waals surface area contributed by atoms with Crippen molar-refractivity contribution in [3.05, 3.63) is 24.3 Å². The fourth-order valence-corrected chi connectivity index (χ4v) is 3.50. The average Bonchev–Trinajstić information content (AvgIpc) is 2.39. The number of alkyl halides is 1. The Morgan fingerprint density at radius 2 is 1.75 bits per heavy atom. The molecule has 0 saturated carbocycles. The molecule has 9 heteroatoms. The van der Waals surface area contributed by atoms with E-state index in [-0.39, 0.29) is 36.6 Å². The van der Waals surface area contributed by atoms with Gasteiger partial charge in [-0.2, -0.15) is 4.31 Å². The Morgan fingerprint density at radius 3 is 2.25 bits per heavy atom. The van der Waals surface area contributed by atoms with E-state index in [0.29, 0.717) is 0 Å². The van der Waals surface area contributed by atoms with Crippen molar-refractivity contribution >= 4 is 17.3 Å². The molecule has 1 saturated heterocycles. The van der Waals surface area contributed by atoms with Gasteiger partial charge in [0, 0.05) is 13.1 Å². The molecular weight excluding hydrogens is 288 g/mol. The van der Waals surface area contributed by atoms with Crippen LogP contribution in [0, 0.1) is 0 Å². The minimum Gasteiger partial charge on any atom is -0.512 e. The number of rotatable bonds is 4. The summed E-state index contributed by atoms with van der Waals surface area (Å²) in [6.07, 6.45) is -0.530. The highest BCUT2D eigenvalue weighted by Gasteiger charge is 2.29. The second-order valence-corrected chi connectivity index (χ2v) is 6.43. The molecular formula is C11H15BFNO5S. The van der Waals surface area contributed by atoms with Crippen molar-refractivity contribution in [2.75, 3.05) is 13.1 Å². The summed E-state index contributed by atoms with van der Waals surface area (Å²) >= 11 is 0. The van der Waals surface area contributed by atoms with Crippen molar-refractivity contribution in [1.82, 2.24) is 4.31 Å². The van der Waals surface area contributed by atoms with Crippen molar-refractivity contribution in [3.8, 4) is 5.75 Å². The summed E-state index contributed by atoms with van der Waals surface area (Å²) in [6, 6.07) is 5.28. The molecule has 2 rings (SSSR count). The standard InChI is InChI=1S/C11H15BFNO5S/c13-9-5-7-14(8-6-9)20(17,18)11-3-1-10(2-4-11)19-12(15)16/h1-4,9,15-16H,5-8H2. The third kappa shape index (κ3) is 3.48. The maximum Gasteiger partial charge on any atom is 0.707 e. The zero-order valence-electron chi connectivity index (χ0n) is 10.6. The number of benzene rings is 1. The van der Waals surface area contributed by atoms with E-state index >= 15 is 0 Å². The topological polar surface area (TPSA) is 87.1 Å². The van der Waals surface area contributed by atoms with Gasteiger partial charge in [0.25, 0.3) is 0 Å². The summed E-state index contributed by atoms with van der Waals surface area (Å²) in [5, 5.41) is 17.3. The van der Waals surface area contributed by atoms with Gasteiger partial charge in [-0.15, -0.1) is 0 Å². The molecule has 0 unspecified atom stereocenters. The molecule has 0 radical (unpaired) electrons. The predicted molar refractivity (Wildman–Crippen MR) is 70.2 cm³/mol. The van der Waals surface area contributed by atoms with E-state index in [1.807, 2.05) is 0 Å². The first-order valence-corrected chi connectivity index (χ1v) is 7.60. The Kier molecular flexibility index (Phi) is 4.64. The molecule has 1 aliphatic rings. The van der Waals surface area contributed by atoms with Crippen LogP contribution in [0.15, 0.2) is 29.2 Å². The third-order valence-electron chi connectivity index (χ3n) is 3.09. The second kappa shape index (κ2) is 6.09. The highest BCUT2D eigenvalue weighted by atomic mass is 32.2. The van der Waals surface area contributed by atoms with E-state index in [4.69, 9.17) is 10.0 Å². The van der Waals surface area contributed by atoms with Crippen LogP contribution in [0.3, 0.4) is 0 Å². The van der Waals surface area contributed by atoms with E-state index in [0.717, 1.165) is 0 Å². The maximum atomic E-state index is 13.0. The number of nitrogens with zero attached hydrogens (tertiary/aromatic N) is 1. The van der Waals surface area contributed by atoms with Gasteiger partial charge in [-0.1, -0.05) is 0 Å². The lowest BCUT2D eigenvalue weighted by Gasteiger charge is -2.27. The molecule has 1 fully saturated rings. The highest BCUT2D eigenvalue weighted by molar-refractivity contribution is 7.89. The molecule has 2 N–H and O–H groups in total. The van der Waals surface area contributed by atoms with Gasteiger partial charge in [0.15, 0.2) is 0 Å². The minimum atomic E-state index is -3.64. The Hall–Kier alpha value is -1.16. The van der Waals surface area contributed by atoms with Crippen LogP contribution >= 0.6 is 0 Å². The van der Waals surface area contributed by atoms with Gasteiger partial charge in [-0.3, -0.25) is 0 Å². The van der Waals surface area contributed by atoms with Crippen LogP contribution in [-0.4, -0.2) is 49.4 Å².